The minimum absolute atomic E-state index is 0.0782. The number of aliphatic imine (C=N–C) groups is 2. The quantitative estimate of drug-likeness (QED) is 0.701. The van der Waals surface area contributed by atoms with Gasteiger partial charge in [0.1, 0.15) is 0 Å². The van der Waals surface area contributed by atoms with Crippen LogP contribution >= 0.6 is 0 Å². The Bertz CT molecular complexity index is 1140. The first kappa shape index (κ1) is 16.4. The van der Waals surface area contributed by atoms with Crippen LogP contribution in [0.2, 0.25) is 0 Å². The van der Waals surface area contributed by atoms with Crippen LogP contribution in [0.25, 0.3) is 12.2 Å². The molecule has 3 aliphatic heterocycles. The SMILES string of the molecule is CC(C)=C1C2=NC(=Cc3ccc([nH]3)C(=O)c3ccc([nH]3)C=C3C=CC1=N3)C=C2. The van der Waals surface area contributed by atoms with Gasteiger partial charge < -0.3 is 9.97 Å². The number of rotatable bonds is 0. The van der Waals surface area contributed by atoms with Crippen LogP contribution in [-0.2, 0) is 0 Å². The fraction of sp³-hybridized carbons (Fsp3) is 0.0870. The molecule has 5 heteroatoms. The second-order valence-electron chi connectivity index (χ2n) is 7.16. The number of carbonyl (C=O) groups is 1. The maximum Gasteiger partial charge on any atom is 0.225 e. The molecule has 0 aliphatic carbocycles. The zero-order valence-corrected chi connectivity index (χ0v) is 15.6. The number of nitrogens with one attached hydrogen (secondary N) is 2. The summed E-state index contributed by atoms with van der Waals surface area (Å²) in [4.78, 5) is 28.6. The van der Waals surface area contributed by atoms with E-state index in [2.05, 4.69) is 23.8 Å². The number of aromatic amines is 2. The predicted molar refractivity (Wildman–Crippen MR) is 112 cm³/mol. The number of nitrogens with zero attached hydrogens (tertiary/aromatic N) is 2. The second kappa shape index (κ2) is 6.16. The zero-order chi connectivity index (χ0) is 19.3. The van der Waals surface area contributed by atoms with Crippen molar-refractivity contribution < 1.29 is 4.79 Å². The summed E-state index contributed by atoms with van der Waals surface area (Å²) >= 11 is 0. The van der Waals surface area contributed by atoms with Gasteiger partial charge in [0.25, 0.3) is 0 Å². The summed E-state index contributed by atoms with van der Waals surface area (Å²) in [5.41, 5.74) is 8.42. The van der Waals surface area contributed by atoms with Crippen LogP contribution in [0.4, 0.5) is 0 Å². The summed E-state index contributed by atoms with van der Waals surface area (Å²) in [5.74, 6) is -0.0782. The van der Waals surface area contributed by atoms with Crippen LogP contribution in [0.3, 0.4) is 0 Å². The van der Waals surface area contributed by atoms with Crippen LogP contribution < -0.4 is 0 Å². The minimum atomic E-state index is -0.0782. The first-order valence-corrected chi connectivity index (χ1v) is 9.15. The van der Waals surface area contributed by atoms with E-state index in [-0.39, 0.29) is 5.78 Å². The number of H-pyrrole nitrogens is 2. The van der Waals surface area contributed by atoms with Crippen molar-refractivity contribution in [2.24, 2.45) is 9.98 Å². The molecule has 0 saturated carbocycles. The van der Waals surface area contributed by atoms with Crippen molar-refractivity contribution >= 4 is 29.4 Å². The molecule has 0 radical (unpaired) electrons. The van der Waals surface area contributed by atoms with Gasteiger partial charge >= 0.3 is 0 Å². The van der Waals surface area contributed by atoms with E-state index < -0.39 is 0 Å². The lowest BCUT2D eigenvalue weighted by molar-refractivity contribution is 0.103. The second-order valence-corrected chi connectivity index (χ2v) is 7.16. The Morgan fingerprint density at radius 3 is 1.71 bits per heavy atom. The predicted octanol–water partition coefficient (Wildman–Crippen LogP) is 4.63. The number of allylic oxidation sites excluding steroid dienone is 6. The van der Waals surface area contributed by atoms with Gasteiger partial charge in [-0.05, 0) is 74.6 Å². The molecule has 2 aromatic rings. The number of aromatic nitrogens is 2. The number of hydrogen-bond acceptors (Lipinski definition) is 3. The van der Waals surface area contributed by atoms with E-state index in [1.807, 2.05) is 48.6 Å². The molecular formula is C23H18N4O. The van der Waals surface area contributed by atoms with Gasteiger partial charge in [0, 0.05) is 17.0 Å². The Morgan fingerprint density at radius 1 is 0.750 bits per heavy atom. The van der Waals surface area contributed by atoms with Gasteiger partial charge in [-0.2, -0.15) is 0 Å². The van der Waals surface area contributed by atoms with E-state index >= 15 is 0 Å². The average Bonchev–Trinajstić information content (AvgIpc) is 3.43. The summed E-state index contributed by atoms with van der Waals surface area (Å²) in [7, 11) is 0. The third-order valence-corrected chi connectivity index (χ3v) is 4.85. The van der Waals surface area contributed by atoms with E-state index in [0.29, 0.717) is 11.4 Å². The van der Waals surface area contributed by atoms with Gasteiger partial charge in [-0.15, -0.1) is 0 Å². The van der Waals surface area contributed by atoms with Crippen LogP contribution in [0, 0.1) is 0 Å². The maximum absolute atomic E-state index is 12.7. The number of fused-ring (bicyclic) bond motifs is 6. The van der Waals surface area contributed by atoms with Crippen molar-refractivity contribution in [3.63, 3.8) is 0 Å². The summed E-state index contributed by atoms with van der Waals surface area (Å²) < 4.78 is 0. The zero-order valence-electron chi connectivity index (χ0n) is 15.6. The molecule has 2 aromatic heterocycles. The average molecular weight is 366 g/mol. The smallest absolute Gasteiger partial charge is 0.225 e. The molecule has 0 spiro atoms. The van der Waals surface area contributed by atoms with Gasteiger partial charge in [-0.25, -0.2) is 9.98 Å². The molecule has 0 amide bonds. The standard InChI is InChI=1S/C23H18N4O/c1-13(2)22-18-7-3-14(24-18)11-16-5-9-20(26-16)23(28)21-10-6-17(27-21)12-15-4-8-19(22)25-15/h3-12,26-27H,1-2H3. The van der Waals surface area contributed by atoms with Gasteiger partial charge in [-0.1, -0.05) is 5.57 Å². The molecule has 0 atom stereocenters. The van der Waals surface area contributed by atoms with Crippen molar-refractivity contribution in [1.82, 2.24) is 9.97 Å². The molecule has 2 N–H and O–H groups in total. The number of carbonyl (C=O) groups excluding carboxylic acids is 1. The molecule has 0 aromatic carbocycles. The Balaban J connectivity index is 1.71. The highest BCUT2D eigenvalue weighted by Crippen LogP contribution is 2.25. The highest BCUT2D eigenvalue weighted by molar-refractivity contribution is 6.33. The normalized spacial score (nSPS) is 17.5. The summed E-state index contributed by atoms with van der Waals surface area (Å²) in [6.45, 7) is 4.15. The van der Waals surface area contributed by atoms with Crippen molar-refractivity contribution in [3.8, 4) is 0 Å². The minimum Gasteiger partial charge on any atom is -0.352 e. The maximum atomic E-state index is 12.7. The molecule has 5 rings (SSSR count). The Hall–Kier alpha value is -3.73. The first-order chi connectivity index (χ1) is 13.6. The highest BCUT2D eigenvalue weighted by atomic mass is 16.1. The molecule has 28 heavy (non-hydrogen) atoms. The van der Waals surface area contributed by atoms with E-state index in [1.54, 1.807) is 12.1 Å². The monoisotopic (exact) mass is 366 g/mol. The van der Waals surface area contributed by atoms with E-state index in [4.69, 9.17) is 9.98 Å². The molecule has 0 fully saturated rings. The summed E-state index contributed by atoms with van der Waals surface area (Å²) in [5, 5.41) is 0. The number of ketones is 1. The third-order valence-electron chi connectivity index (χ3n) is 4.85. The fourth-order valence-electron chi connectivity index (χ4n) is 3.56. The van der Waals surface area contributed by atoms with Crippen LogP contribution in [-0.4, -0.2) is 27.2 Å². The molecule has 5 nitrogen and oxygen atoms in total. The molecule has 5 heterocycles. The Kier molecular flexibility index (Phi) is 3.62. The van der Waals surface area contributed by atoms with E-state index in [0.717, 1.165) is 45.4 Å². The van der Waals surface area contributed by atoms with Crippen molar-refractivity contribution in [2.45, 2.75) is 13.8 Å². The van der Waals surface area contributed by atoms with Crippen LogP contribution in [0.1, 0.15) is 41.4 Å². The van der Waals surface area contributed by atoms with Crippen molar-refractivity contribution in [3.05, 3.63) is 93.9 Å². The summed E-state index contributed by atoms with van der Waals surface area (Å²) in [6.07, 6.45) is 11.8. The highest BCUT2D eigenvalue weighted by Gasteiger charge is 2.19. The van der Waals surface area contributed by atoms with Crippen LogP contribution in [0.15, 0.2) is 81.1 Å². The Morgan fingerprint density at radius 2 is 1.25 bits per heavy atom. The van der Waals surface area contributed by atoms with Crippen molar-refractivity contribution in [2.75, 3.05) is 0 Å². The topological polar surface area (TPSA) is 73.4 Å². The van der Waals surface area contributed by atoms with E-state index in [9.17, 15) is 4.79 Å². The van der Waals surface area contributed by atoms with Crippen LogP contribution in [0.5, 0.6) is 0 Å². The molecule has 0 saturated heterocycles. The lowest BCUT2D eigenvalue weighted by atomic mass is 10.0. The van der Waals surface area contributed by atoms with Gasteiger partial charge in [0.2, 0.25) is 5.78 Å². The molecule has 136 valence electrons. The molecule has 3 aliphatic rings. The molecule has 8 bridgehead atoms. The molecular weight excluding hydrogens is 348 g/mol. The fourth-order valence-corrected chi connectivity index (χ4v) is 3.56. The van der Waals surface area contributed by atoms with Gasteiger partial charge in [0.05, 0.1) is 34.2 Å². The van der Waals surface area contributed by atoms with Crippen molar-refractivity contribution in [1.29, 1.82) is 0 Å². The van der Waals surface area contributed by atoms with Gasteiger partial charge in [0.15, 0.2) is 0 Å². The van der Waals surface area contributed by atoms with E-state index in [1.165, 1.54) is 0 Å². The van der Waals surface area contributed by atoms with Gasteiger partial charge in [-0.3, -0.25) is 4.79 Å². The first-order valence-electron chi connectivity index (χ1n) is 9.15. The third kappa shape index (κ3) is 2.77. The molecule has 0 unspecified atom stereocenters. The summed E-state index contributed by atoms with van der Waals surface area (Å²) in [6, 6.07) is 7.38. The number of hydrogen-bond donors (Lipinski definition) is 2. The largest absolute Gasteiger partial charge is 0.352 e. The lowest BCUT2D eigenvalue weighted by Crippen LogP contribution is -2.09. The lowest BCUT2D eigenvalue weighted by Gasteiger charge is -2.07. The Labute approximate surface area is 162 Å².